The molecule has 94 valence electrons. The van der Waals surface area contributed by atoms with E-state index in [1.807, 2.05) is 19.0 Å². The topological polar surface area (TPSA) is 94.5 Å². The van der Waals surface area contributed by atoms with Crippen molar-refractivity contribution in [2.24, 2.45) is 0 Å². The maximum Gasteiger partial charge on any atom is 0.311 e. The standard InChI is InChI=1S/C10H16N4O3/c1-13(2)6-3-7-17-9-5-4-8(14(15)16)10(11)12-9/h4-5H,3,6-7H2,1-2H3,(H2,11,12). The number of pyridine rings is 1. The fraction of sp³-hybridized carbons (Fsp3) is 0.500. The first-order chi connectivity index (χ1) is 8.00. The summed E-state index contributed by atoms with van der Waals surface area (Å²) in [7, 11) is 3.95. The Bertz CT molecular complexity index is 395. The summed E-state index contributed by atoms with van der Waals surface area (Å²) in [5.74, 6) is 0.187. The molecular weight excluding hydrogens is 224 g/mol. The fourth-order valence-electron chi connectivity index (χ4n) is 1.24. The highest BCUT2D eigenvalue weighted by atomic mass is 16.6. The zero-order valence-electron chi connectivity index (χ0n) is 9.92. The van der Waals surface area contributed by atoms with E-state index in [2.05, 4.69) is 4.98 Å². The maximum absolute atomic E-state index is 10.5. The number of anilines is 1. The number of aromatic nitrogens is 1. The van der Waals surface area contributed by atoms with E-state index in [-0.39, 0.29) is 11.5 Å². The third-order valence-corrected chi connectivity index (χ3v) is 2.07. The van der Waals surface area contributed by atoms with Gasteiger partial charge in [0.25, 0.3) is 0 Å². The molecule has 7 heteroatoms. The van der Waals surface area contributed by atoms with Crippen molar-refractivity contribution in [2.45, 2.75) is 6.42 Å². The Labute approximate surface area is 99.3 Å². The highest BCUT2D eigenvalue weighted by Crippen LogP contribution is 2.21. The van der Waals surface area contributed by atoms with Gasteiger partial charge in [0.1, 0.15) is 0 Å². The van der Waals surface area contributed by atoms with Crippen LogP contribution in [-0.4, -0.2) is 42.1 Å². The van der Waals surface area contributed by atoms with Crippen LogP contribution in [0.3, 0.4) is 0 Å². The molecule has 7 nitrogen and oxygen atoms in total. The van der Waals surface area contributed by atoms with Crippen LogP contribution in [0.1, 0.15) is 6.42 Å². The molecule has 0 fully saturated rings. The molecule has 2 N–H and O–H groups in total. The minimum Gasteiger partial charge on any atom is -0.478 e. The van der Waals surface area contributed by atoms with Crippen LogP contribution in [0.25, 0.3) is 0 Å². The monoisotopic (exact) mass is 240 g/mol. The van der Waals surface area contributed by atoms with Crippen LogP contribution in [0.5, 0.6) is 5.88 Å². The minimum atomic E-state index is -0.571. The summed E-state index contributed by atoms with van der Waals surface area (Å²) in [6.07, 6.45) is 0.853. The zero-order valence-corrected chi connectivity index (χ0v) is 9.92. The molecule has 1 aromatic heterocycles. The Morgan fingerprint density at radius 3 is 2.76 bits per heavy atom. The van der Waals surface area contributed by atoms with Gasteiger partial charge < -0.3 is 15.4 Å². The van der Waals surface area contributed by atoms with E-state index in [0.29, 0.717) is 12.5 Å². The smallest absolute Gasteiger partial charge is 0.311 e. The van der Waals surface area contributed by atoms with E-state index in [4.69, 9.17) is 10.5 Å². The Hall–Kier alpha value is -1.89. The minimum absolute atomic E-state index is 0.125. The van der Waals surface area contributed by atoms with E-state index >= 15 is 0 Å². The Morgan fingerprint density at radius 2 is 2.24 bits per heavy atom. The normalized spacial score (nSPS) is 10.5. The third kappa shape index (κ3) is 4.23. The molecule has 0 amide bonds. The van der Waals surface area contributed by atoms with E-state index in [0.717, 1.165) is 13.0 Å². The van der Waals surface area contributed by atoms with Gasteiger partial charge in [-0.15, -0.1) is 0 Å². The van der Waals surface area contributed by atoms with Crippen molar-refractivity contribution in [3.63, 3.8) is 0 Å². The molecule has 0 aromatic carbocycles. The van der Waals surface area contributed by atoms with Gasteiger partial charge in [-0.05, 0) is 20.5 Å². The van der Waals surface area contributed by atoms with Crippen molar-refractivity contribution in [1.29, 1.82) is 0 Å². The number of nitrogens with two attached hydrogens (primary N) is 1. The first kappa shape index (κ1) is 13.2. The molecular formula is C10H16N4O3. The number of nitro groups is 1. The molecule has 0 saturated heterocycles. The van der Waals surface area contributed by atoms with Crippen molar-refractivity contribution >= 4 is 11.5 Å². The quantitative estimate of drug-likeness (QED) is 0.451. The van der Waals surface area contributed by atoms with Crippen LogP contribution in [0.4, 0.5) is 11.5 Å². The molecule has 0 saturated carbocycles. The Balaban J connectivity index is 2.50. The summed E-state index contributed by atoms with van der Waals surface area (Å²) in [6.45, 7) is 1.41. The molecule has 0 unspecified atom stereocenters. The van der Waals surface area contributed by atoms with Gasteiger partial charge in [-0.1, -0.05) is 0 Å². The van der Waals surface area contributed by atoms with Gasteiger partial charge in [0.2, 0.25) is 11.7 Å². The van der Waals surface area contributed by atoms with Crippen LogP contribution in [-0.2, 0) is 0 Å². The lowest BCUT2D eigenvalue weighted by Gasteiger charge is -2.09. The van der Waals surface area contributed by atoms with E-state index in [1.165, 1.54) is 12.1 Å². The van der Waals surface area contributed by atoms with Crippen molar-refractivity contribution in [3.05, 3.63) is 22.2 Å². The molecule has 1 rings (SSSR count). The highest BCUT2D eigenvalue weighted by Gasteiger charge is 2.13. The predicted octanol–water partition coefficient (Wildman–Crippen LogP) is 0.902. The third-order valence-electron chi connectivity index (χ3n) is 2.07. The SMILES string of the molecule is CN(C)CCCOc1ccc([N+](=O)[O-])c(N)n1. The second kappa shape index (κ2) is 6.00. The average molecular weight is 240 g/mol. The Kier molecular flexibility index (Phi) is 4.65. The van der Waals surface area contributed by atoms with Gasteiger partial charge in [0.15, 0.2) is 0 Å². The maximum atomic E-state index is 10.5. The van der Waals surface area contributed by atoms with Crippen molar-refractivity contribution < 1.29 is 9.66 Å². The van der Waals surface area contributed by atoms with Gasteiger partial charge in [-0.2, -0.15) is 4.98 Å². The molecule has 0 spiro atoms. The van der Waals surface area contributed by atoms with Crippen LogP contribution in [0, 0.1) is 10.1 Å². The summed E-state index contributed by atoms with van der Waals surface area (Å²) in [5, 5.41) is 10.5. The molecule has 17 heavy (non-hydrogen) atoms. The first-order valence-electron chi connectivity index (χ1n) is 5.19. The highest BCUT2D eigenvalue weighted by molar-refractivity contribution is 5.53. The predicted molar refractivity (Wildman–Crippen MR) is 64.0 cm³/mol. The van der Waals surface area contributed by atoms with Crippen molar-refractivity contribution in [1.82, 2.24) is 9.88 Å². The van der Waals surface area contributed by atoms with Crippen LogP contribution in [0.15, 0.2) is 12.1 Å². The number of hydrogen-bond acceptors (Lipinski definition) is 6. The molecule has 0 bridgehead atoms. The van der Waals surface area contributed by atoms with Crippen LogP contribution >= 0.6 is 0 Å². The van der Waals surface area contributed by atoms with Crippen LogP contribution in [0.2, 0.25) is 0 Å². The molecule has 0 radical (unpaired) electrons. The number of hydrogen-bond donors (Lipinski definition) is 1. The van der Waals surface area contributed by atoms with Gasteiger partial charge >= 0.3 is 5.69 Å². The zero-order chi connectivity index (χ0) is 12.8. The van der Waals surface area contributed by atoms with Crippen molar-refractivity contribution in [3.8, 4) is 5.88 Å². The molecule has 0 atom stereocenters. The lowest BCUT2D eigenvalue weighted by molar-refractivity contribution is -0.384. The van der Waals surface area contributed by atoms with E-state index in [9.17, 15) is 10.1 Å². The van der Waals surface area contributed by atoms with Crippen LogP contribution < -0.4 is 10.5 Å². The number of ether oxygens (including phenoxy) is 1. The second-order valence-corrected chi connectivity index (χ2v) is 3.82. The summed E-state index contributed by atoms with van der Waals surface area (Å²) < 4.78 is 5.33. The number of nitrogens with zero attached hydrogens (tertiary/aromatic N) is 3. The lowest BCUT2D eigenvalue weighted by Crippen LogP contribution is -2.15. The second-order valence-electron chi connectivity index (χ2n) is 3.82. The van der Waals surface area contributed by atoms with Crippen molar-refractivity contribution in [2.75, 3.05) is 33.0 Å². The fourth-order valence-corrected chi connectivity index (χ4v) is 1.24. The first-order valence-corrected chi connectivity index (χ1v) is 5.19. The molecule has 0 aliphatic carbocycles. The van der Waals surface area contributed by atoms with Gasteiger partial charge in [0.05, 0.1) is 11.5 Å². The summed E-state index contributed by atoms with van der Waals surface area (Å²) in [5.41, 5.74) is 5.23. The summed E-state index contributed by atoms with van der Waals surface area (Å²) >= 11 is 0. The van der Waals surface area contributed by atoms with Gasteiger partial charge in [-0.3, -0.25) is 10.1 Å². The summed E-state index contributed by atoms with van der Waals surface area (Å²) in [6, 6.07) is 2.74. The molecule has 1 heterocycles. The molecule has 1 aromatic rings. The molecule has 0 aliphatic rings. The van der Waals surface area contributed by atoms with Gasteiger partial charge in [-0.25, -0.2) is 0 Å². The average Bonchev–Trinajstić information content (AvgIpc) is 2.23. The number of rotatable bonds is 6. The summed E-state index contributed by atoms with van der Waals surface area (Å²) in [4.78, 5) is 15.8. The largest absolute Gasteiger partial charge is 0.478 e. The number of nitrogen functional groups attached to an aromatic ring is 1. The van der Waals surface area contributed by atoms with E-state index in [1.54, 1.807) is 0 Å². The Morgan fingerprint density at radius 1 is 1.53 bits per heavy atom. The molecule has 0 aliphatic heterocycles. The van der Waals surface area contributed by atoms with E-state index < -0.39 is 4.92 Å². The lowest BCUT2D eigenvalue weighted by atomic mass is 10.4. The van der Waals surface area contributed by atoms with Gasteiger partial charge in [0, 0.05) is 18.7 Å².